The van der Waals surface area contributed by atoms with Crippen LogP contribution >= 0.6 is 0 Å². The van der Waals surface area contributed by atoms with Crippen LogP contribution in [0.15, 0.2) is 109 Å². The van der Waals surface area contributed by atoms with Gasteiger partial charge in [0.15, 0.2) is 17.3 Å². The monoisotopic (exact) mass is 431 g/mol. The number of rotatable bonds is 0. The molecule has 0 saturated heterocycles. The summed E-state index contributed by atoms with van der Waals surface area (Å²) >= 11 is 0. The van der Waals surface area contributed by atoms with Crippen LogP contribution in [-0.4, -0.2) is 29.1 Å². The van der Waals surface area contributed by atoms with Gasteiger partial charge in [0.05, 0.1) is 5.57 Å². The Bertz CT molecular complexity index is 999. The normalized spacial score (nSPS) is 33.4. The predicted octanol–water partition coefficient (Wildman–Crippen LogP) is 4.56. The molecule has 1 heterocycles. The second-order valence-electron chi connectivity index (χ2n) is 7.83. The van der Waals surface area contributed by atoms with E-state index in [-0.39, 0.29) is 23.8 Å². The maximum Gasteiger partial charge on any atom is 0.243 e. The van der Waals surface area contributed by atoms with Crippen LogP contribution in [0.25, 0.3) is 0 Å². The third-order valence-corrected chi connectivity index (χ3v) is 4.95. The van der Waals surface area contributed by atoms with Crippen LogP contribution in [-0.2, 0) is 14.4 Å². The number of aliphatic hydroxyl groups is 1. The lowest BCUT2D eigenvalue weighted by molar-refractivity contribution is -0.118. The van der Waals surface area contributed by atoms with E-state index in [0.717, 1.165) is 0 Å². The number of fused-ring (bicyclic) bond motifs is 1. The van der Waals surface area contributed by atoms with Crippen LogP contribution in [0.3, 0.4) is 0 Å². The van der Waals surface area contributed by atoms with Crippen LogP contribution in [0.2, 0.25) is 0 Å². The van der Waals surface area contributed by atoms with Crippen molar-refractivity contribution in [2.75, 3.05) is 6.54 Å². The molecule has 5 heteroatoms. The Kier molecular flexibility index (Phi) is 9.36. The molecule has 2 unspecified atom stereocenters. The maximum absolute atomic E-state index is 12.7. The minimum atomic E-state index is -0.902. The van der Waals surface area contributed by atoms with E-state index in [1.54, 1.807) is 55.5 Å². The number of hydrogen-bond acceptors (Lipinski definition) is 4. The average molecular weight is 432 g/mol. The van der Waals surface area contributed by atoms with Crippen molar-refractivity contribution in [3.8, 4) is 0 Å². The molecular formula is C27H29NO4. The number of carbonyl (C=O) groups is 3. The number of amides is 1. The summed E-state index contributed by atoms with van der Waals surface area (Å²) in [5.41, 5.74) is -0.814. The van der Waals surface area contributed by atoms with Crippen LogP contribution in [0.1, 0.15) is 20.3 Å². The summed E-state index contributed by atoms with van der Waals surface area (Å²) in [5, 5.41) is 13.0. The van der Waals surface area contributed by atoms with Crippen molar-refractivity contribution < 1.29 is 19.5 Å². The van der Waals surface area contributed by atoms with Crippen molar-refractivity contribution in [1.29, 1.82) is 0 Å². The van der Waals surface area contributed by atoms with E-state index in [4.69, 9.17) is 0 Å². The number of allylic oxidation sites excluding steroid dienone is 16. The summed E-state index contributed by atoms with van der Waals surface area (Å²) in [6.45, 7) is 4.28. The van der Waals surface area contributed by atoms with Gasteiger partial charge in [-0.1, -0.05) is 98.9 Å². The SMILES string of the molecule is CC1\C=C/C=C/C=C\C=C\C=C\C(=O)C2=C(O)C(=O)CC2(C)/C=C/C=C\C=C/C(=O)NC1. The van der Waals surface area contributed by atoms with Crippen molar-refractivity contribution >= 4 is 17.5 Å². The number of ketones is 2. The molecule has 0 fully saturated rings. The molecule has 1 aliphatic carbocycles. The smallest absolute Gasteiger partial charge is 0.243 e. The first-order valence-corrected chi connectivity index (χ1v) is 10.5. The molecule has 0 aromatic heterocycles. The van der Waals surface area contributed by atoms with Crippen molar-refractivity contribution in [1.82, 2.24) is 5.32 Å². The predicted molar refractivity (Wildman–Crippen MR) is 128 cm³/mol. The average Bonchev–Trinajstić information content (AvgIpc) is 2.97. The first-order valence-electron chi connectivity index (χ1n) is 10.5. The van der Waals surface area contributed by atoms with Gasteiger partial charge in [-0.05, 0) is 12.0 Å². The van der Waals surface area contributed by atoms with Crippen LogP contribution in [0.4, 0.5) is 0 Å². The molecule has 0 bridgehead atoms. The lowest BCUT2D eigenvalue weighted by Crippen LogP contribution is -2.25. The first-order chi connectivity index (χ1) is 15.3. The molecule has 5 nitrogen and oxygen atoms in total. The standard InChI is InChI=1S/C27H29NO4/c1-21-15-11-7-5-3-4-6-8-12-16-22(29)25-26(32)23(30)19-27(25,2)18-14-10-9-13-17-24(31)28-20-21/h3-18,21,32H,19-20H2,1-2H3,(H,28,31)/b4-3-,7-5+,8-6+,10-9-,15-11-,16-12+,17-13-,18-14+. The van der Waals surface area contributed by atoms with E-state index in [9.17, 15) is 19.5 Å². The van der Waals surface area contributed by atoms with Crippen molar-refractivity contribution in [2.45, 2.75) is 20.3 Å². The van der Waals surface area contributed by atoms with Gasteiger partial charge >= 0.3 is 0 Å². The Morgan fingerprint density at radius 1 is 0.844 bits per heavy atom. The Morgan fingerprint density at radius 3 is 2.09 bits per heavy atom. The summed E-state index contributed by atoms with van der Waals surface area (Å²) in [6, 6.07) is 0. The molecule has 166 valence electrons. The summed E-state index contributed by atoms with van der Waals surface area (Å²) in [7, 11) is 0. The summed E-state index contributed by atoms with van der Waals surface area (Å²) in [4.78, 5) is 36.6. The Labute approximate surface area is 189 Å². The van der Waals surface area contributed by atoms with Gasteiger partial charge in [0.2, 0.25) is 5.91 Å². The lowest BCUT2D eigenvalue weighted by Gasteiger charge is -2.20. The fourth-order valence-electron chi connectivity index (χ4n) is 3.25. The zero-order valence-corrected chi connectivity index (χ0v) is 18.4. The largest absolute Gasteiger partial charge is 0.504 e. The molecule has 0 saturated carbocycles. The van der Waals surface area contributed by atoms with Gasteiger partial charge in [0.25, 0.3) is 0 Å². The number of hydrogen-bond donors (Lipinski definition) is 2. The number of aliphatic hydroxyl groups excluding tert-OH is 1. The highest BCUT2D eigenvalue weighted by molar-refractivity contribution is 6.14. The molecule has 2 aliphatic rings. The summed E-state index contributed by atoms with van der Waals surface area (Å²) < 4.78 is 0. The van der Waals surface area contributed by atoms with Crippen LogP contribution in [0, 0.1) is 11.3 Å². The van der Waals surface area contributed by atoms with Gasteiger partial charge in [-0.15, -0.1) is 0 Å². The van der Waals surface area contributed by atoms with E-state index >= 15 is 0 Å². The van der Waals surface area contributed by atoms with E-state index in [1.807, 2.05) is 43.4 Å². The third kappa shape index (κ3) is 7.51. The van der Waals surface area contributed by atoms with E-state index in [2.05, 4.69) is 5.32 Å². The molecule has 2 rings (SSSR count). The van der Waals surface area contributed by atoms with Gasteiger partial charge < -0.3 is 10.4 Å². The number of Topliss-reactive ketones (excluding diaryl/α,β-unsaturated/α-hetero) is 1. The maximum atomic E-state index is 12.7. The van der Waals surface area contributed by atoms with Crippen molar-refractivity contribution in [2.24, 2.45) is 11.3 Å². The van der Waals surface area contributed by atoms with Gasteiger partial charge in [-0.25, -0.2) is 0 Å². The van der Waals surface area contributed by atoms with E-state index < -0.39 is 22.7 Å². The Morgan fingerprint density at radius 2 is 1.41 bits per heavy atom. The quantitative estimate of drug-likeness (QED) is 0.589. The highest BCUT2D eigenvalue weighted by Gasteiger charge is 2.43. The zero-order valence-electron chi connectivity index (χ0n) is 18.4. The second kappa shape index (κ2) is 12.2. The summed E-state index contributed by atoms with van der Waals surface area (Å²) in [5.74, 6) is -1.34. The second-order valence-corrected chi connectivity index (χ2v) is 7.83. The zero-order chi connectivity index (χ0) is 23.4. The van der Waals surface area contributed by atoms with Crippen molar-refractivity contribution in [3.63, 3.8) is 0 Å². The lowest BCUT2D eigenvalue weighted by atomic mass is 9.80. The van der Waals surface area contributed by atoms with E-state index in [0.29, 0.717) is 6.54 Å². The molecule has 2 atom stereocenters. The molecule has 1 amide bonds. The third-order valence-electron chi connectivity index (χ3n) is 4.95. The van der Waals surface area contributed by atoms with E-state index in [1.165, 1.54) is 12.2 Å². The first kappa shape index (κ1) is 24.5. The van der Waals surface area contributed by atoms with Gasteiger partial charge in [-0.3, -0.25) is 14.4 Å². The fraction of sp³-hybridized carbons (Fsp3) is 0.222. The van der Waals surface area contributed by atoms with Gasteiger partial charge in [-0.2, -0.15) is 0 Å². The topological polar surface area (TPSA) is 83.5 Å². The molecule has 32 heavy (non-hydrogen) atoms. The fourth-order valence-corrected chi connectivity index (χ4v) is 3.25. The molecular weight excluding hydrogens is 402 g/mol. The molecule has 0 aromatic carbocycles. The van der Waals surface area contributed by atoms with Crippen molar-refractivity contribution in [3.05, 3.63) is 109 Å². The van der Waals surface area contributed by atoms with Gasteiger partial charge in [0.1, 0.15) is 0 Å². The van der Waals surface area contributed by atoms with Crippen LogP contribution in [0.5, 0.6) is 0 Å². The molecule has 1 aliphatic heterocycles. The summed E-state index contributed by atoms with van der Waals surface area (Å²) in [6.07, 6.45) is 27.6. The molecule has 0 spiro atoms. The van der Waals surface area contributed by atoms with Gasteiger partial charge in [0, 0.05) is 24.5 Å². The Hall–Kier alpha value is -3.73. The molecule has 2 N–H and O–H groups in total. The minimum Gasteiger partial charge on any atom is -0.504 e. The minimum absolute atomic E-state index is 0.0213. The highest BCUT2D eigenvalue weighted by atomic mass is 16.3. The highest BCUT2D eigenvalue weighted by Crippen LogP contribution is 2.42. The Balaban J connectivity index is 2.27. The number of carbonyl (C=O) groups excluding carboxylic acids is 3. The number of nitrogens with one attached hydrogen (secondary N) is 1. The molecule has 0 radical (unpaired) electrons. The molecule has 0 aromatic rings. The van der Waals surface area contributed by atoms with Crippen LogP contribution < -0.4 is 5.32 Å².